The zero-order valence-corrected chi connectivity index (χ0v) is 13.3. The summed E-state index contributed by atoms with van der Waals surface area (Å²) >= 11 is 0. The van der Waals surface area contributed by atoms with Crippen molar-refractivity contribution >= 4 is 0 Å². The molecule has 0 amide bonds. The normalized spacial score (nSPS) is 15.8. The van der Waals surface area contributed by atoms with Gasteiger partial charge in [-0.05, 0) is 24.1 Å². The number of aliphatic hydroxyl groups is 1. The van der Waals surface area contributed by atoms with Crippen molar-refractivity contribution in [2.75, 3.05) is 0 Å². The molecule has 3 atom stereocenters. The lowest BCUT2D eigenvalue weighted by Gasteiger charge is -2.28. The highest BCUT2D eigenvalue weighted by Crippen LogP contribution is 2.29. The molecule has 0 spiro atoms. The first-order valence-corrected chi connectivity index (χ1v) is 7.67. The molecule has 0 aliphatic rings. The van der Waals surface area contributed by atoms with Crippen LogP contribution >= 0.6 is 0 Å². The van der Waals surface area contributed by atoms with Crippen LogP contribution in [0.3, 0.4) is 0 Å². The molecule has 0 bridgehead atoms. The molecule has 0 fully saturated rings. The highest BCUT2D eigenvalue weighted by molar-refractivity contribution is 5.26. The molecular weight excluding hydrogens is 317 g/mol. The molecule has 24 heavy (non-hydrogen) atoms. The van der Waals surface area contributed by atoms with Crippen LogP contribution in [0.2, 0.25) is 0 Å². The molecule has 2 aromatic carbocycles. The van der Waals surface area contributed by atoms with Crippen molar-refractivity contribution in [3.05, 3.63) is 71.3 Å². The summed E-state index contributed by atoms with van der Waals surface area (Å²) in [4.78, 5) is 0. The van der Waals surface area contributed by atoms with Gasteiger partial charge in [-0.1, -0.05) is 48.5 Å². The quantitative estimate of drug-likeness (QED) is 0.758. The maximum atomic E-state index is 12.8. The second kappa shape index (κ2) is 7.79. The standard InChI is InChI=1S/C18H21F3N2O/c1-12(24)16(22)17(14-7-3-2-4-8-14)23-11-13-6-5-9-15(10-13)18(19,20)21/h2-10,12,16-17,23-24H,11,22H2,1H3/t12-,16-,17?/m1/s1. The van der Waals surface area contributed by atoms with E-state index in [1.165, 1.54) is 6.07 Å². The Labute approximate surface area is 139 Å². The van der Waals surface area contributed by atoms with Gasteiger partial charge in [0.2, 0.25) is 0 Å². The van der Waals surface area contributed by atoms with E-state index < -0.39 is 23.9 Å². The number of alkyl halides is 3. The second-order valence-corrected chi connectivity index (χ2v) is 5.79. The highest BCUT2D eigenvalue weighted by atomic mass is 19.4. The van der Waals surface area contributed by atoms with E-state index in [2.05, 4.69) is 5.32 Å². The predicted octanol–water partition coefficient (Wildman–Crippen LogP) is 3.24. The van der Waals surface area contributed by atoms with Crippen molar-refractivity contribution in [2.45, 2.75) is 37.8 Å². The second-order valence-electron chi connectivity index (χ2n) is 5.79. The molecule has 6 heteroatoms. The Morgan fingerprint density at radius 3 is 2.33 bits per heavy atom. The fraction of sp³-hybridized carbons (Fsp3) is 0.333. The van der Waals surface area contributed by atoms with Gasteiger partial charge in [-0.15, -0.1) is 0 Å². The minimum Gasteiger partial charge on any atom is -0.392 e. The largest absolute Gasteiger partial charge is 0.416 e. The van der Waals surface area contributed by atoms with Crippen LogP contribution in [0.25, 0.3) is 0 Å². The lowest BCUT2D eigenvalue weighted by molar-refractivity contribution is -0.137. The van der Waals surface area contributed by atoms with Gasteiger partial charge in [0.25, 0.3) is 0 Å². The Balaban J connectivity index is 2.16. The third-order valence-corrected chi connectivity index (χ3v) is 3.88. The summed E-state index contributed by atoms with van der Waals surface area (Å²) in [5.41, 5.74) is 6.76. The van der Waals surface area contributed by atoms with E-state index in [0.29, 0.717) is 5.56 Å². The summed E-state index contributed by atoms with van der Waals surface area (Å²) in [6.45, 7) is 1.80. The van der Waals surface area contributed by atoms with E-state index >= 15 is 0 Å². The van der Waals surface area contributed by atoms with Gasteiger partial charge in [-0.3, -0.25) is 0 Å². The maximum absolute atomic E-state index is 12.8. The molecule has 0 aliphatic carbocycles. The number of aliphatic hydroxyl groups excluding tert-OH is 1. The SMILES string of the molecule is C[C@@H](O)[C@@H](N)C(NCc1cccc(C(F)(F)F)c1)c1ccccc1. The Kier molecular flexibility index (Phi) is 5.99. The van der Waals surface area contributed by atoms with Crippen molar-refractivity contribution in [1.82, 2.24) is 5.32 Å². The molecule has 4 N–H and O–H groups in total. The Hall–Kier alpha value is -1.89. The highest BCUT2D eigenvalue weighted by Gasteiger charge is 2.30. The third kappa shape index (κ3) is 4.80. The van der Waals surface area contributed by atoms with Gasteiger partial charge in [0, 0.05) is 12.6 Å². The van der Waals surface area contributed by atoms with Crippen molar-refractivity contribution in [1.29, 1.82) is 0 Å². The number of hydrogen-bond acceptors (Lipinski definition) is 3. The number of nitrogens with two attached hydrogens (primary N) is 1. The monoisotopic (exact) mass is 338 g/mol. The average Bonchev–Trinajstić information content (AvgIpc) is 2.55. The van der Waals surface area contributed by atoms with Crippen molar-refractivity contribution in [3.8, 4) is 0 Å². The molecule has 2 aromatic rings. The van der Waals surface area contributed by atoms with E-state index in [1.54, 1.807) is 13.0 Å². The summed E-state index contributed by atoms with van der Waals surface area (Å²) in [6.07, 6.45) is -5.13. The van der Waals surface area contributed by atoms with Crippen LogP contribution < -0.4 is 11.1 Å². The maximum Gasteiger partial charge on any atom is 0.416 e. The van der Waals surface area contributed by atoms with Crippen molar-refractivity contribution in [3.63, 3.8) is 0 Å². The first kappa shape index (κ1) is 18.4. The smallest absolute Gasteiger partial charge is 0.392 e. The number of rotatable bonds is 6. The zero-order valence-electron chi connectivity index (χ0n) is 13.3. The van der Waals surface area contributed by atoms with Crippen LogP contribution in [-0.4, -0.2) is 17.3 Å². The number of nitrogens with one attached hydrogen (secondary N) is 1. The fourth-order valence-electron chi connectivity index (χ4n) is 2.50. The van der Waals surface area contributed by atoms with Gasteiger partial charge in [0.15, 0.2) is 0 Å². The molecule has 0 aliphatic heterocycles. The molecule has 0 saturated carbocycles. The number of halogens is 3. The van der Waals surface area contributed by atoms with Crippen LogP contribution in [0.15, 0.2) is 54.6 Å². The Morgan fingerprint density at radius 2 is 1.75 bits per heavy atom. The van der Waals surface area contributed by atoms with Crippen LogP contribution in [0, 0.1) is 0 Å². The minimum atomic E-state index is -4.37. The van der Waals surface area contributed by atoms with Crippen LogP contribution in [-0.2, 0) is 12.7 Å². The number of hydrogen-bond donors (Lipinski definition) is 3. The number of benzene rings is 2. The van der Waals surface area contributed by atoms with Gasteiger partial charge < -0.3 is 16.2 Å². The third-order valence-electron chi connectivity index (χ3n) is 3.88. The molecule has 0 radical (unpaired) electrons. The summed E-state index contributed by atoms with van der Waals surface area (Å²) in [6, 6.07) is 13.5. The molecule has 1 unspecified atom stereocenters. The summed E-state index contributed by atoms with van der Waals surface area (Å²) in [5, 5.41) is 12.9. The average molecular weight is 338 g/mol. The predicted molar refractivity (Wildman–Crippen MR) is 87.1 cm³/mol. The first-order chi connectivity index (χ1) is 11.3. The van der Waals surface area contributed by atoms with E-state index in [0.717, 1.165) is 17.7 Å². The van der Waals surface area contributed by atoms with Gasteiger partial charge in [0.1, 0.15) is 0 Å². The van der Waals surface area contributed by atoms with Gasteiger partial charge in [0.05, 0.1) is 17.7 Å². The van der Waals surface area contributed by atoms with Crippen molar-refractivity contribution in [2.24, 2.45) is 5.73 Å². The molecule has 3 nitrogen and oxygen atoms in total. The molecule has 0 heterocycles. The van der Waals surface area contributed by atoms with E-state index in [1.807, 2.05) is 30.3 Å². The summed E-state index contributed by atoms with van der Waals surface area (Å²) < 4.78 is 38.4. The minimum absolute atomic E-state index is 0.212. The molecule has 0 aromatic heterocycles. The summed E-state index contributed by atoms with van der Waals surface area (Å²) in [5.74, 6) is 0. The van der Waals surface area contributed by atoms with Gasteiger partial charge >= 0.3 is 6.18 Å². The van der Waals surface area contributed by atoms with E-state index in [-0.39, 0.29) is 12.6 Å². The fourth-order valence-corrected chi connectivity index (χ4v) is 2.50. The molecule has 130 valence electrons. The van der Waals surface area contributed by atoms with Crippen LogP contribution in [0.5, 0.6) is 0 Å². The Bertz CT molecular complexity index is 644. The lowest BCUT2D eigenvalue weighted by Crippen LogP contribution is -2.44. The van der Waals surface area contributed by atoms with Crippen LogP contribution in [0.1, 0.15) is 29.7 Å². The molecule has 2 rings (SSSR count). The van der Waals surface area contributed by atoms with E-state index in [9.17, 15) is 18.3 Å². The molecule has 0 saturated heterocycles. The lowest BCUT2D eigenvalue weighted by atomic mass is 9.96. The van der Waals surface area contributed by atoms with E-state index in [4.69, 9.17) is 5.73 Å². The Morgan fingerprint density at radius 1 is 1.08 bits per heavy atom. The van der Waals surface area contributed by atoms with Crippen LogP contribution in [0.4, 0.5) is 13.2 Å². The topological polar surface area (TPSA) is 58.3 Å². The zero-order chi connectivity index (χ0) is 17.7. The van der Waals surface area contributed by atoms with Gasteiger partial charge in [-0.2, -0.15) is 13.2 Å². The van der Waals surface area contributed by atoms with Gasteiger partial charge in [-0.25, -0.2) is 0 Å². The summed E-state index contributed by atoms with van der Waals surface area (Å²) in [7, 11) is 0. The molecular formula is C18H21F3N2O. The van der Waals surface area contributed by atoms with Crippen molar-refractivity contribution < 1.29 is 18.3 Å². The first-order valence-electron chi connectivity index (χ1n) is 7.67.